The fourth-order valence-electron chi connectivity index (χ4n) is 1.23. The summed E-state index contributed by atoms with van der Waals surface area (Å²) in [5.41, 5.74) is 0. The van der Waals surface area contributed by atoms with Gasteiger partial charge in [-0.3, -0.25) is 0 Å². The summed E-state index contributed by atoms with van der Waals surface area (Å²) >= 11 is 0. The molecular formula is C13H11O2. The summed E-state index contributed by atoms with van der Waals surface area (Å²) in [6, 6.07) is 18.0. The molecule has 0 bridgehead atoms. The number of rotatable bonds is 3. The summed E-state index contributed by atoms with van der Waals surface area (Å²) in [7, 11) is 1.63. The molecule has 0 N–H and O–H groups in total. The van der Waals surface area contributed by atoms with Gasteiger partial charge in [0.2, 0.25) is 0 Å². The first-order valence-electron chi connectivity index (χ1n) is 4.67. The average Bonchev–Trinajstić information content (AvgIpc) is 2.31. The lowest BCUT2D eigenvalue weighted by Crippen LogP contribution is -1.86. The van der Waals surface area contributed by atoms with Gasteiger partial charge in [-0.2, -0.15) is 0 Å². The first kappa shape index (κ1) is 9.59. The molecule has 0 unspecified atom stereocenters. The highest BCUT2D eigenvalue weighted by atomic mass is 16.5. The van der Waals surface area contributed by atoms with Gasteiger partial charge < -0.3 is 9.47 Å². The molecule has 75 valence electrons. The van der Waals surface area contributed by atoms with E-state index in [1.165, 1.54) is 0 Å². The van der Waals surface area contributed by atoms with Gasteiger partial charge in [-0.15, -0.1) is 0 Å². The first-order valence-corrected chi connectivity index (χ1v) is 4.67. The Morgan fingerprint density at radius 2 is 1.87 bits per heavy atom. The molecule has 0 atom stereocenters. The van der Waals surface area contributed by atoms with E-state index in [1.54, 1.807) is 7.11 Å². The Labute approximate surface area is 89.1 Å². The maximum absolute atomic E-state index is 5.59. The van der Waals surface area contributed by atoms with E-state index < -0.39 is 0 Å². The van der Waals surface area contributed by atoms with E-state index in [0.29, 0.717) is 5.75 Å². The molecule has 0 heterocycles. The standard InChI is InChI=1S/C13H11O2/c1-14-12-8-5-9-13(10-12)15-11-6-3-2-4-7-11/h2-6,8-10H,1H3. The van der Waals surface area contributed by atoms with Gasteiger partial charge in [0, 0.05) is 12.1 Å². The van der Waals surface area contributed by atoms with E-state index in [4.69, 9.17) is 9.47 Å². The SMILES string of the molecule is COc1cccc(Oc2[c]cccc2)c1. The molecule has 2 aromatic carbocycles. The Hall–Kier alpha value is -1.96. The molecule has 0 saturated carbocycles. The van der Waals surface area contributed by atoms with Crippen molar-refractivity contribution in [2.45, 2.75) is 0 Å². The highest BCUT2D eigenvalue weighted by molar-refractivity contribution is 5.36. The molecule has 2 rings (SSSR count). The minimum Gasteiger partial charge on any atom is -0.497 e. The largest absolute Gasteiger partial charge is 0.497 e. The van der Waals surface area contributed by atoms with Crippen LogP contribution in [-0.4, -0.2) is 7.11 Å². The molecule has 2 aromatic rings. The van der Waals surface area contributed by atoms with Crippen molar-refractivity contribution in [1.82, 2.24) is 0 Å². The van der Waals surface area contributed by atoms with Gasteiger partial charge in [0.1, 0.15) is 17.2 Å². The predicted octanol–water partition coefficient (Wildman–Crippen LogP) is 3.29. The molecular weight excluding hydrogens is 188 g/mol. The summed E-state index contributed by atoms with van der Waals surface area (Å²) in [5.74, 6) is 2.23. The maximum atomic E-state index is 5.59. The van der Waals surface area contributed by atoms with E-state index in [1.807, 2.05) is 48.5 Å². The molecule has 0 aliphatic rings. The Balaban J connectivity index is 2.17. The van der Waals surface area contributed by atoms with Gasteiger partial charge in [0.25, 0.3) is 0 Å². The lowest BCUT2D eigenvalue weighted by atomic mass is 10.3. The van der Waals surface area contributed by atoms with Gasteiger partial charge in [0.05, 0.1) is 7.11 Å². The summed E-state index contributed by atoms with van der Waals surface area (Å²) in [4.78, 5) is 0. The van der Waals surface area contributed by atoms with Crippen LogP contribution in [0.1, 0.15) is 0 Å². The van der Waals surface area contributed by atoms with Crippen LogP contribution in [0.15, 0.2) is 48.5 Å². The second-order valence-corrected chi connectivity index (χ2v) is 3.01. The number of methoxy groups -OCH3 is 1. The van der Waals surface area contributed by atoms with E-state index >= 15 is 0 Å². The molecule has 1 radical (unpaired) electrons. The van der Waals surface area contributed by atoms with Gasteiger partial charge in [-0.05, 0) is 18.2 Å². The van der Waals surface area contributed by atoms with Crippen molar-refractivity contribution < 1.29 is 9.47 Å². The molecule has 0 aliphatic heterocycles. The van der Waals surface area contributed by atoms with Crippen molar-refractivity contribution >= 4 is 0 Å². The maximum Gasteiger partial charge on any atom is 0.135 e. The van der Waals surface area contributed by atoms with Crippen molar-refractivity contribution in [3.8, 4) is 17.2 Å². The van der Waals surface area contributed by atoms with Gasteiger partial charge >= 0.3 is 0 Å². The predicted molar refractivity (Wildman–Crippen MR) is 58.3 cm³/mol. The number of hydrogen-bond acceptors (Lipinski definition) is 2. The highest BCUT2D eigenvalue weighted by Gasteiger charge is 1.97. The number of ether oxygens (including phenoxy) is 2. The second-order valence-electron chi connectivity index (χ2n) is 3.01. The van der Waals surface area contributed by atoms with Crippen LogP contribution < -0.4 is 9.47 Å². The molecule has 0 aliphatic carbocycles. The van der Waals surface area contributed by atoms with Crippen LogP contribution in [0.25, 0.3) is 0 Å². The molecule has 2 nitrogen and oxygen atoms in total. The summed E-state index contributed by atoms with van der Waals surface area (Å²) in [5, 5.41) is 0. The number of hydrogen-bond donors (Lipinski definition) is 0. The molecule has 15 heavy (non-hydrogen) atoms. The Morgan fingerprint density at radius 3 is 2.60 bits per heavy atom. The van der Waals surface area contributed by atoms with E-state index in [-0.39, 0.29) is 0 Å². The van der Waals surface area contributed by atoms with Crippen LogP contribution in [-0.2, 0) is 0 Å². The lowest BCUT2D eigenvalue weighted by Gasteiger charge is -2.06. The molecule has 0 fully saturated rings. The van der Waals surface area contributed by atoms with Crippen molar-refractivity contribution in [3.63, 3.8) is 0 Å². The molecule has 2 heteroatoms. The number of benzene rings is 2. The summed E-state index contributed by atoms with van der Waals surface area (Å²) < 4.78 is 10.7. The third-order valence-electron chi connectivity index (χ3n) is 1.95. The minimum atomic E-state index is 0.700. The Kier molecular flexibility index (Phi) is 2.88. The molecule has 0 amide bonds. The van der Waals surface area contributed by atoms with Crippen molar-refractivity contribution in [2.24, 2.45) is 0 Å². The highest BCUT2D eigenvalue weighted by Crippen LogP contribution is 2.24. The third kappa shape index (κ3) is 2.50. The lowest BCUT2D eigenvalue weighted by molar-refractivity contribution is 0.409. The Bertz CT molecular complexity index is 424. The Morgan fingerprint density at radius 1 is 1.00 bits per heavy atom. The quantitative estimate of drug-likeness (QED) is 0.755. The first-order chi connectivity index (χ1) is 7.38. The molecule has 0 aromatic heterocycles. The summed E-state index contributed by atoms with van der Waals surface area (Å²) in [6.45, 7) is 0. The topological polar surface area (TPSA) is 18.5 Å². The second kappa shape index (κ2) is 4.51. The van der Waals surface area contributed by atoms with Gasteiger partial charge in [0.15, 0.2) is 0 Å². The zero-order valence-electron chi connectivity index (χ0n) is 8.44. The fraction of sp³-hybridized carbons (Fsp3) is 0.0769. The zero-order chi connectivity index (χ0) is 10.5. The molecule has 0 spiro atoms. The smallest absolute Gasteiger partial charge is 0.135 e. The van der Waals surface area contributed by atoms with Crippen LogP contribution in [0.2, 0.25) is 0 Å². The van der Waals surface area contributed by atoms with Crippen LogP contribution in [0.4, 0.5) is 0 Å². The fourth-order valence-corrected chi connectivity index (χ4v) is 1.23. The van der Waals surface area contributed by atoms with Crippen LogP contribution in [0.5, 0.6) is 17.2 Å². The van der Waals surface area contributed by atoms with E-state index in [9.17, 15) is 0 Å². The molecule has 0 saturated heterocycles. The average molecular weight is 199 g/mol. The van der Waals surface area contributed by atoms with Crippen LogP contribution in [0, 0.1) is 6.07 Å². The number of para-hydroxylation sites is 1. The van der Waals surface area contributed by atoms with Gasteiger partial charge in [-0.1, -0.05) is 24.3 Å². The van der Waals surface area contributed by atoms with Crippen LogP contribution >= 0.6 is 0 Å². The third-order valence-corrected chi connectivity index (χ3v) is 1.95. The van der Waals surface area contributed by atoms with Crippen LogP contribution in [0.3, 0.4) is 0 Å². The van der Waals surface area contributed by atoms with E-state index in [2.05, 4.69) is 6.07 Å². The zero-order valence-corrected chi connectivity index (χ0v) is 8.44. The van der Waals surface area contributed by atoms with Crippen molar-refractivity contribution in [2.75, 3.05) is 7.11 Å². The van der Waals surface area contributed by atoms with Crippen molar-refractivity contribution in [3.05, 3.63) is 54.6 Å². The monoisotopic (exact) mass is 199 g/mol. The minimum absolute atomic E-state index is 0.700. The van der Waals surface area contributed by atoms with E-state index in [0.717, 1.165) is 11.5 Å². The summed E-state index contributed by atoms with van der Waals surface area (Å²) in [6.07, 6.45) is 0. The van der Waals surface area contributed by atoms with Gasteiger partial charge in [-0.25, -0.2) is 0 Å². The van der Waals surface area contributed by atoms with Crippen molar-refractivity contribution in [1.29, 1.82) is 0 Å². The normalized spacial score (nSPS) is 9.67.